The molecule has 0 aromatic rings. The normalized spacial score (nSPS) is 13.6. The number of alkyl halides is 3. The first-order valence-corrected chi connectivity index (χ1v) is 6.29. The molecule has 76 valence electrons. The van der Waals surface area contributed by atoms with Gasteiger partial charge in [-0.1, -0.05) is 61.6 Å². The molecule has 0 aromatic carbocycles. The molecule has 0 aliphatic rings. The summed E-state index contributed by atoms with van der Waals surface area (Å²) in [6.07, 6.45) is 2.70. The van der Waals surface area contributed by atoms with Crippen LogP contribution < -0.4 is 0 Å². The van der Waals surface area contributed by atoms with E-state index in [1.807, 2.05) is 13.8 Å². The Morgan fingerprint density at radius 2 is 1.92 bits per heavy atom. The maximum atomic E-state index is 10.3. The summed E-state index contributed by atoms with van der Waals surface area (Å²) in [5, 5.41) is 9.23. The van der Waals surface area contributed by atoms with Gasteiger partial charge >= 0.3 is 5.97 Å². The largest absolute Gasteiger partial charge is 0.478 e. The van der Waals surface area contributed by atoms with Crippen LogP contribution in [0.5, 0.6) is 0 Å². The molecule has 1 N–H and O–H groups in total. The van der Waals surface area contributed by atoms with E-state index >= 15 is 0 Å². The molecule has 5 heteroatoms. The van der Waals surface area contributed by atoms with Gasteiger partial charge in [0.25, 0.3) is 0 Å². The number of hydrogen-bond acceptors (Lipinski definition) is 1. The summed E-state index contributed by atoms with van der Waals surface area (Å²) in [5.74, 6) is -0.950. The molecule has 2 nitrogen and oxygen atoms in total. The summed E-state index contributed by atoms with van der Waals surface area (Å²) < 4.78 is -0.505. The fraction of sp³-hybridized carbons (Fsp3) is 0.625. The molecule has 0 saturated heterocycles. The lowest BCUT2D eigenvalue weighted by atomic mass is 9.91. The molecule has 0 fully saturated rings. The number of carboxylic acid groups (broad SMARTS) is 1. The van der Waals surface area contributed by atoms with Gasteiger partial charge in [-0.2, -0.15) is 0 Å². The van der Waals surface area contributed by atoms with E-state index in [4.69, 9.17) is 5.11 Å². The van der Waals surface area contributed by atoms with Crippen LogP contribution in [-0.2, 0) is 4.79 Å². The number of halogens is 3. The Hall–Kier alpha value is 0.650. The van der Waals surface area contributed by atoms with Gasteiger partial charge in [-0.05, 0) is 6.08 Å². The maximum Gasteiger partial charge on any atom is 0.328 e. The zero-order chi connectivity index (χ0) is 10.7. The third-order valence-electron chi connectivity index (χ3n) is 1.67. The Kier molecular flexibility index (Phi) is 5.18. The van der Waals surface area contributed by atoms with E-state index in [1.165, 1.54) is 0 Å². The molecule has 0 saturated carbocycles. The van der Waals surface area contributed by atoms with E-state index in [9.17, 15) is 4.79 Å². The van der Waals surface area contributed by atoms with Gasteiger partial charge in [-0.3, -0.25) is 0 Å². The average molecular weight is 379 g/mol. The minimum atomic E-state index is -0.950. The number of aliphatic carboxylic acids is 1. The first-order valence-electron chi connectivity index (χ1n) is 3.59. The highest BCUT2D eigenvalue weighted by Crippen LogP contribution is 2.46. The van der Waals surface area contributed by atoms with Crippen LogP contribution in [0.1, 0.15) is 13.8 Å². The smallest absolute Gasteiger partial charge is 0.328 e. The molecule has 0 aliphatic carbocycles. The van der Waals surface area contributed by atoms with E-state index in [2.05, 4.69) is 47.8 Å². The van der Waals surface area contributed by atoms with Crippen molar-refractivity contribution in [2.75, 3.05) is 5.33 Å². The van der Waals surface area contributed by atoms with Crippen LogP contribution >= 0.6 is 47.8 Å². The summed E-state index contributed by atoms with van der Waals surface area (Å²) in [5.41, 5.74) is -0.126. The van der Waals surface area contributed by atoms with Crippen molar-refractivity contribution in [3.05, 3.63) is 12.2 Å². The Bertz CT molecular complexity index is 221. The van der Waals surface area contributed by atoms with Crippen molar-refractivity contribution >= 4 is 53.8 Å². The van der Waals surface area contributed by atoms with Gasteiger partial charge in [-0.25, -0.2) is 4.79 Å². The van der Waals surface area contributed by atoms with Crippen molar-refractivity contribution in [2.24, 2.45) is 5.41 Å². The highest BCUT2D eigenvalue weighted by atomic mass is 79.9. The number of carboxylic acids is 1. The Balaban J connectivity index is 4.66. The van der Waals surface area contributed by atoms with Crippen molar-refractivity contribution in [3.63, 3.8) is 0 Å². The molecule has 0 aromatic heterocycles. The summed E-state index contributed by atoms with van der Waals surface area (Å²) in [6.45, 7) is 4.02. The van der Waals surface area contributed by atoms with Crippen molar-refractivity contribution in [1.82, 2.24) is 0 Å². The lowest BCUT2D eigenvalue weighted by Gasteiger charge is -2.34. The van der Waals surface area contributed by atoms with E-state index in [0.717, 1.165) is 11.4 Å². The highest BCUT2D eigenvalue weighted by Gasteiger charge is 2.37. The predicted molar refractivity (Wildman–Crippen MR) is 64.9 cm³/mol. The Morgan fingerprint density at radius 3 is 2.23 bits per heavy atom. The van der Waals surface area contributed by atoms with Crippen LogP contribution in [0.3, 0.4) is 0 Å². The van der Waals surface area contributed by atoms with Crippen LogP contribution in [0.25, 0.3) is 0 Å². The molecule has 0 unspecified atom stereocenters. The topological polar surface area (TPSA) is 37.3 Å². The SMILES string of the molecule is CC(C)(CBr)C(Br)(Br)C=CC(=O)O. The molecular weight excluding hydrogens is 368 g/mol. The molecule has 0 bridgehead atoms. The predicted octanol–water partition coefficient (Wildman–Crippen LogP) is 3.53. The quantitative estimate of drug-likeness (QED) is 0.600. The minimum absolute atomic E-state index is 0.126. The van der Waals surface area contributed by atoms with Crippen molar-refractivity contribution in [1.29, 1.82) is 0 Å². The monoisotopic (exact) mass is 376 g/mol. The molecule has 0 aliphatic heterocycles. The zero-order valence-corrected chi connectivity index (χ0v) is 12.1. The number of allylic oxidation sites excluding steroid dienone is 1. The Morgan fingerprint density at radius 1 is 1.46 bits per heavy atom. The summed E-state index contributed by atoms with van der Waals surface area (Å²) in [6, 6.07) is 0. The van der Waals surface area contributed by atoms with Crippen LogP contribution in [0.15, 0.2) is 12.2 Å². The first kappa shape index (κ1) is 13.7. The van der Waals surface area contributed by atoms with Crippen molar-refractivity contribution in [2.45, 2.75) is 17.1 Å². The average Bonchev–Trinajstić information content (AvgIpc) is 2.01. The van der Waals surface area contributed by atoms with Gasteiger partial charge in [0.1, 0.15) is 3.23 Å². The van der Waals surface area contributed by atoms with Gasteiger partial charge in [0.2, 0.25) is 0 Å². The third-order valence-corrected chi connectivity index (χ3v) is 5.75. The van der Waals surface area contributed by atoms with Crippen LogP contribution in [0.2, 0.25) is 0 Å². The second kappa shape index (κ2) is 4.94. The molecule has 0 amide bonds. The lowest BCUT2D eigenvalue weighted by molar-refractivity contribution is -0.131. The minimum Gasteiger partial charge on any atom is -0.478 e. The third kappa shape index (κ3) is 4.13. The fourth-order valence-electron chi connectivity index (χ4n) is 0.491. The van der Waals surface area contributed by atoms with Crippen molar-refractivity contribution < 1.29 is 9.90 Å². The van der Waals surface area contributed by atoms with Crippen LogP contribution in [-0.4, -0.2) is 19.6 Å². The molecule has 0 atom stereocenters. The number of hydrogen-bond donors (Lipinski definition) is 1. The lowest BCUT2D eigenvalue weighted by Crippen LogP contribution is -2.33. The second-order valence-electron chi connectivity index (χ2n) is 3.31. The fourth-order valence-corrected chi connectivity index (χ4v) is 2.23. The van der Waals surface area contributed by atoms with Crippen molar-refractivity contribution in [3.8, 4) is 0 Å². The van der Waals surface area contributed by atoms with Gasteiger partial charge in [0.15, 0.2) is 0 Å². The molecule has 0 heterocycles. The van der Waals surface area contributed by atoms with Gasteiger partial charge in [-0.15, -0.1) is 0 Å². The van der Waals surface area contributed by atoms with E-state index in [-0.39, 0.29) is 5.41 Å². The van der Waals surface area contributed by atoms with E-state index in [0.29, 0.717) is 0 Å². The summed E-state index contributed by atoms with van der Waals surface area (Å²) in [7, 11) is 0. The highest BCUT2D eigenvalue weighted by molar-refractivity contribution is 9.25. The summed E-state index contributed by atoms with van der Waals surface area (Å²) >= 11 is 10.2. The van der Waals surface area contributed by atoms with Crippen LogP contribution in [0.4, 0.5) is 0 Å². The zero-order valence-electron chi connectivity index (χ0n) is 7.35. The molecular formula is C8H11Br3O2. The maximum absolute atomic E-state index is 10.3. The van der Waals surface area contributed by atoms with Crippen LogP contribution in [0, 0.1) is 5.41 Å². The summed E-state index contributed by atoms with van der Waals surface area (Å²) in [4.78, 5) is 10.3. The number of rotatable bonds is 4. The Labute approximate surface area is 103 Å². The standard InChI is InChI=1S/C8H11Br3O2/c1-7(2,5-9)8(10,11)4-3-6(12)13/h3-4H,5H2,1-2H3,(H,12,13). The van der Waals surface area contributed by atoms with Gasteiger partial charge in [0.05, 0.1) is 0 Å². The second-order valence-corrected chi connectivity index (χ2v) is 7.44. The first-order chi connectivity index (χ1) is 5.73. The van der Waals surface area contributed by atoms with E-state index in [1.54, 1.807) is 6.08 Å². The van der Waals surface area contributed by atoms with E-state index < -0.39 is 9.20 Å². The number of carbonyl (C=O) groups is 1. The molecule has 0 spiro atoms. The molecule has 0 radical (unpaired) electrons. The molecule has 0 rings (SSSR count). The van der Waals surface area contributed by atoms with Gasteiger partial charge < -0.3 is 5.11 Å². The van der Waals surface area contributed by atoms with Gasteiger partial charge in [0, 0.05) is 16.8 Å². The molecule has 13 heavy (non-hydrogen) atoms.